The third-order valence-corrected chi connectivity index (χ3v) is 6.30. The molecule has 2 aromatic rings. The number of methoxy groups -OCH3 is 1. The van der Waals surface area contributed by atoms with Crippen LogP contribution in [0.4, 0.5) is 0 Å². The first-order chi connectivity index (χ1) is 12.9. The maximum absolute atomic E-state index is 13.0. The lowest BCUT2D eigenvalue weighted by Gasteiger charge is -2.32. The molecule has 8 nitrogen and oxygen atoms in total. The molecule has 0 saturated heterocycles. The molecule has 9 heteroatoms. The minimum absolute atomic E-state index is 0.201. The Morgan fingerprint density at radius 2 is 1.78 bits per heavy atom. The standard InChI is InChI=1S/C18H18N4O4S/c1-20(2)18-21(17(23)12-8-10-13(26-3)11-9-12)19-16-14-6-4-5-7-15(14)27(24,25)22(16)18/h4-11,18H,1-3H3/t18-/m0/s1. The number of hydrogen-bond donors (Lipinski definition) is 0. The van der Waals surface area contributed by atoms with Gasteiger partial charge in [-0.3, -0.25) is 9.69 Å². The van der Waals surface area contributed by atoms with Crippen LogP contribution in [-0.4, -0.2) is 61.9 Å². The van der Waals surface area contributed by atoms with Crippen molar-refractivity contribution in [2.24, 2.45) is 5.10 Å². The molecule has 1 atom stereocenters. The number of rotatable bonds is 3. The highest BCUT2D eigenvalue weighted by molar-refractivity contribution is 7.90. The summed E-state index contributed by atoms with van der Waals surface area (Å²) in [6.07, 6.45) is -0.882. The van der Waals surface area contributed by atoms with Gasteiger partial charge < -0.3 is 4.74 Å². The maximum Gasteiger partial charge on any atom is 0.277 e. The van der Waals surface area contributed by atoms with E-state index in [0.29, 0.717) is 16.9 Å². The third kappa shape index (κ3) is 2.50. The minimum Gasteiger partial charge on any atom is -0.497 e. The van der Waals surface area contributed by atoms with Gasteiger partial charge in [0.25, 0.3) is 15.9 Å². The average Bonchev–Trinajstić information content (AvgIpc) is 3.17. The number of carbonyl (C=O) groups excluding carboxylic acids is 1. The van der Waals surface area contributed by atoms with E-state index >= 15 is 0 Å². The Morgan fingerprint density at radius 3 is 2.41 bits per heavy atom. The molecule has 2 aliphatic heterocycles. The highest BCUT2D eigenvalue weighted by atomic mass is 32.2. The summed E-state index contributed by atoms with van der Waals surface area (Å²) in [4.78, 5) is 14.9. The third-order valence-electron chi connectivity index (χ3n) is 4.51. The van der Waals surface area contributed by atoms with E-state index in [1.54, 1.807) is 74.6 Å². The first-order valence-electron chi connectivity index (χ1n) is 8.23. The molecular weight excluding hydrogens is 368 g/mol. The Bertz CT molecular complexity index is 1050. The molecule has 4 rings (SSSR count). The quantitative estimate of drug-likeness (QED) is 0.796. The molecular formula is C18H18N4O4S. The van der Waals surface area contributed by atoms with Gasteiger partial charge in [0.15, 0.2) is 12.1 Å². The zero-order valence-corrected chi connectivity index (χ0v) is 15.8. The van der Waals surface area contributed by atoms with Crippen LogP contribution in [-0.2, 0) is 10.0 Å². The summed E-state index contributed by atoms with van der Waals surface area (Å²) < 4.78 is 32.4. The molecule has 2 aromatic carbocycles. The van der Waals surface area contributed by atoms with E-state index in [9.17, 15) is 13.2 Å². The SMILES string of the molecule is COc1ccc(C(=O)N2N=C3c4ccccc4S(=O)(=O)N3[C@H]2N(C)C)cc1. The molecule has 0 aliphatic carbocycles. The van der Waals surface area contributed by atoms with E-state index in [1.165, 1.54) is 9.31 Å². The van der Waals surface area contributed by atoms with Gasteiger partial charge in [0, 0.05) is 11.1 Å². The highest BCUT2D eigenvalue weighted by Crippen LogP contribution is 2.38. The summed E-state index contributed by atoms with van der Waals surface area (Å²) in [5.41, 5.74) is 0.883. The van der Waals surface area contributed by atoms with Crippen LogP contribution in [0.5, 0.6) is 5.75 Å². The lowest BCUT2D eigenvalue weighted by atomic mass is 10.2. The van der Waals surface area contributed by atoms with Crippen LogP contribution in [0.15, 0.2) is 58.5 Å². The predicted molar refractivity (Wildman–Crippen MR) is 98.6 cm³/mol. The number of amidine groups is 1. The van der Waals surface area contributed by atoms with Gasteiger partial charge in [-0.15, -0.1) is 5.10 Å². The lowest BCUT2D eigenvalue weighted by molar-refractivity contribution is 0.0341. The normalized spacial score (nSPS) is 19.7. The van der Waals surface area contributed by atoms with Crippen LogP contribution in [0, 0.1) is 0 Å². The predicted octanol–water partition coefficient (Wildman–Crippen LogP) is 1.36. The molecule has 2 heterocycles. The summed E-state index contributed by atoms with van der Waals surface area (Å²) in [6.45, 7) is 0. The number of benzene rings is 2. The van der Waals surface area contributed by atoms with E-state index in [1.807, 2.05) is 0 Å². The van der Waals surface area contributed by atoms with Crippen LogP contribution in [0.25, 0.3) is 0 Å². The molecule has 0 fully saturated rings. The van der Waals surface area contributed by atoms with Crippen molar-refractivity contribution in [1.82, 2.24) is 14.2 Å². The van der Waals surface area contributed by atoms with Crippen LogP contribution in [0.3, 0.4) is 0 Å². The zero-order valence-electron chi connectivity index (χ0n) is 15.0. The van der Waals surface area contributed by atoms with Crippen molar-refractivity contribution in [2.45, 2.75) is 11.2 Å². The van der Waals surface area contributed by atoms with Gasteiger partial charge >= 0.3 is 0 Å². The summed E-state index contributed by atoms with van der Waals surface area (Å²) in [5.74, 6) is 0.484. The molecule has 0 radical (unpaired) electrons. The Hall–Kier alpha value is -2.91. The topological polar surface area (TPSA) is 82.5 Å². The number of hydrogen-bond acceptors (Lipinski definition) is 6. The second-order valence-electron chi connectivity index (χ2n) is 6.41. The number of fused-ring (bicyclic) bond motifs is 3. The molecule has 27 heavy (non-hydrogen) atoms. The van der Waals surface area contributed by atoms with Gasteiger partial charge in [-0.2, -0.15) is 5.01 Å². The van der Waals surface area contributed by atoms with Crippen LogP contribution < -0.4 is 4.74 Å². The first-order valence-corrected chi connectivity index (χ1v) is 9.67. The van der Waals surface area contributed by atoms with E-state index in [2.05, 4.69) is 5.10 Å². The van der Waals surface area contributed by atoms with E-state index in [4.69, 9.17) is 4.74 Å². The maximum atomic E-state index is 13.0. The fourth-order valence-corrected chi connectivity index (χ4v) is 5.03. The monoisotopic (exact) mass is 386 g/mol. The first kappa shape index (κ1) is 17.5. The van der Waals surface area contributed by atoms with Crippen LogP contribution in [0.1, 0.15) is 15.9 Å². The van der Waals surface area contributed by atoms with Crippen LogP contribution in [0.2, 0.25) is 0 Å². The zero-order chi connectivity index (χ0) is 19.3. The van der Waals surface area contributed by atoms with E-state index in [0.717, 1.165) is 0 Å². The second kappa shape index (κ2) is 6.07. The van der Waals surface area contributed by atoms with Crippen molar-refractivity contribution in [3.05, 3.63) is 59.7 Å². The summed E-state index contributed by atoms with van der Waals surface area (Å²) in [5, 5.41) is 5.58. The van der Waals surface area contributed by atoms with E-state index < -0.39 is 22.2 Å². The number of hydrazone groups is 1. The number of sulfonamides is 1. The molecule has 0 N–H and O–H groups in total. The summed E-state index contributed by atoms with van der Waals surface area (Å²) in [7, 11) is 1.16. The smallest absolute Gasteiger partial charge is 0.277 e. The highest BCUT2D eigenvalue weighted by Gasteiger charge is 2.52. The fraction of sp³-hybridized carbons (Fsp3) is 0.222. The second-order valence-corrected chi connectivity index (χ2v) is 8.19. The summed E-state index contributed by atoms with van der Waals surface area (Å²) in [6, 6.07) is 13.3. The molecule has 1 amide bonds. The van der Waals surface area contributed by atoms with Crippen molar-refractivity contribution in [2.75, 3.05) is 21.2 Å². The van der Waals surface area contributed by atoms with Gasteiger partial charge in [-0.25, -0.2) is 12.7 Å². The Morgan fingerprint density at radius 1 is 1.11 bits per heavy atom. The van der Waals surface area contributed by atoms with Crippen molar-refractivity contribution in [1.29, 1.82) is 0 Å². The molecule has 2 aliphatic rings. The molecule has 0 spiro atoms. The van der Waals surface area contributed by atoms with Crippen molar-refractivity contribution in [3.63, 3.8) is 0 Å². The molecule has 0 unspecified atom stereocenters. The summed E-state index contributed by atoms with van der Waals surface area (Å²) >= 11 is 0. The molecule has 140 valence electrons. The largest absolute Gasteiger partial charge is 0.497 e. The molecule has 0 bridgehead atoms. The number of nitrogens with zero attached hydrogens (tertiary/aromatic N) is 4. The van der Waals surface area contributed by atoms with Crippen molar-refractivity contribution in [3.8, 4) is 5.75 Å². The van der Waals surface area contributed by atoms with Crippen LogP contribution >= 0.6 is 0 Å². The van der Waals surface area contributed by atoms with Crippen molar-refractivity contribution < 1.29 is 17.9 Å². The van der Waals surface area contributed by atoms with Gasteiger partial charge in [0.1, 0.15) is 5.75 Å². The molecule has 0 saturated carbocycles. The van der Waals surface area contributed by atoms with E-state index in [-0.39, 0.29) is 10.7 Å². The number of carbonyl (C=O) groups is 1. The number of amides is 1. The Labute approximate surface area is 157 Å². The molecule has 0 aromatic heterocycles. The Kier molecular flexibility index (Phi) is 3.93. The van der Waals surface area contributed by atoms with Gasteiger partial charge in [0.2, 0.25) is 0 Å². The Balaban J connectivity index is 1.81. The van der Waals surface area contributed by atoms with Gasteiger partial charge in [0.05, 0.1) is 12.0 Å². The number of ether oxygens (including phenoxy) is 1. The minimum atomic E-state index is -3.79. The van der Waals surface area contributed by atoms with Crippen molar-refractivity contribution >= 4 is 21.8 Å². The van der Waals surface area contributed by atoms with Gasteiger partial charge in [-0.1, -0.05) is 12.1 Å². The van der Waals surface area contributed by atoms with Gasteiger partial charge in [-0.05, 0) is 50.5 Å². The lowest BCUT2D eigenvalue weighted by Crippen LogP contribution is -2.53. The fourth-order valence-electron chi connectivity index (χ4n) is 3.24. The average molecular weight is 386 g/mol.